The third-order valence-electron chi connectivity index (χ3n) is 6.81. The molecule has 0 aliphatic carbocycles. The summed E-state index contributed by atoms with van der Waals surface area (Å²) in [4.78, 5) is 0. The summed E-state index contributed by atoms with van der Waals surface area (Å²) in [5.41, 5.74) is 0. The Bertz CT molecular complexity index is 764. The molecule has 0 radical (unpaired) electrons. The number of halogens is 2. The Kier molecular flexibility index (Phi) is 16.6. The predicted molar refractivity (Wildman–Crippen MR) is 136 cm³/mol. The van der Waals surface area contributed by atoms with Crippen LogP contribution < -0.4 is 38.7 Å². The van der Waals surface area contributed by atoms with Gasteiger partial charge < -0.3 is 47.7 Å². The van der Waals surface area contributed by atoms with Gasteiger partial charge in [-0.2, -0.15) is 0 Å². The quantitative estimate of drug-likeness (QED) is 0.206. The molecule has 3 nitrogen and oxygen atoms in total. The van der Waals surface area contributed by atoms with Gasteiger partial charge in [0, 0.05) is 0 Å². The summed E-state index contributed by atoms with van der Waals surface area (Å²) in [6, 6.07) is 14.8. The summed E-state index contributed by atoms with van der Waals surface area (Å²) in [6.07, 6.45) is 10.7. The highest BCUT2D eigenvalue weighted by molar-refractivity contribution is 5.83. The second kappa shape index (κ2) is 16.9. The summed E-state index contributed by atoms with van der Waals surface area (Å²) in [5, 5.41) is 2.53. The highest BCUT2D eigenvalue weighted by Crippen LogP contribution is 2.21. The number of quaternary nitrogens is 2. The molecule has 0 spiro atoms. The number of unbranched alkanes of at least 4 members (excludes halogenated alkanes) is 7. The fourth-order valence-electron chi connectivity index (χ4n) is 3.96. The van der Waals surface area contributed by atoms with Crippen LogP contribution in [0, 0.1) is 0 Å². The standard InChI is InChI=1S/C28H48N2O.2BrH/c1-6-29(2,3)22-23-30(4,5)21-15-11-9-7-8-10-12-16-24-31-28-20-19-26-17-13-14-18-27(26)25-28;;/h13-14,17-20,25H,6-12,15-16,21-24H2,1-5H3;2*1H/q+2;;/p-2. The van der Waals surface area contributed by atoms with Crippen molar-refractivity contribution in [2.45, 2.75) is 58.3 Å². The van der Waals surface area contributed by atoms with Gasteiger partial charge in [-0.15, -0.1) is 0 Å². The molecule has 0 fully saturated rings. The van der Waals surface area contributed by atoms with Crippen molar-refractivity contribution in [3.05, 3.63) is 42.5 Å². The molecule has 2 aromatic rings. The zero-order valence-electron chi connectivity index (χ0n) is 21.8. The monoisotopic (exact) mass is 586 g/mol. The van der Waals surface area contributed by atoms with E-state index in [1.54, 1.807) is 0 Å². The molecule has 0 aliphatic heterocycles. The minimum Gasteiger partial charge on any atom is -1.00 e. The highest BCUT2D eigenvalue weighted by Gasteiger charge is 2.20. The molecule has 5 heteroatoms. The third-order valence-corrected chi connectivity index (χ3v) is 6.81. The Morgan fingerprint density at radius 3 is 1.79 bits per heavy atom. The Balaban J connectivity index is 0.00000512. The molecule has 0 aliphatic rings. The van der Waals surface area contributed by atoms with Crippen LogP contribution in [0.25, 0.3) is 10.8 Å². The number of nitrogens with zero attached hydrogens (tertiary/aromatic N) is 2. The van der Waals surface area contributed by atoms with Crippen LogP contribution in [0.3, 0.4) is 0 Å². The zero-order valence-corrected chi connectivity index (χ0v) is 25.0. The van der Waals surface area contributed by atoms with E-state index in [0.29, 0.717) is 0 Å². The molecule has 0 N–H and O–H groups in total. The summed E-state index contributed by atoms with van der Waals surface area (Å²) < 4.78 is 8.25. The van der Waals surface area contributed by atoms with Gasteiger partial charge in [0.2, 0.25) is 0 Å². The first-order chi connectivity index (χ1) is 14.8. The first kappa shape index (κ1) is 32.4. The van der Waals surface area contributed by atoms with Gasteiger partial charge in [-0.1, -0.05) is 62.4 Å². The van der Waals surface area contributed by atoms with E-state index in [-0.39, 0.29) is 34.0 Å². The van der Waals surface area contributed by atoms with E-state index >= 15 is 0 Å². The Morgan fingerprint density at radius 1 is 0.606 bits per heavy atom. The lowest BCUT2D eigenvalue weighted by atomic mass is 10.1. The normalized spacial score (nSPS) is 11.7. The van der Waals surface area contributed by atoms with Gasteiger partial charge in [-0.3, -0.25) is 0 Å². The lowest BCUT2D eigenvalue weighted by Gasteiger charge is -2.35. The summed E-state index contributed by atoms with van der Waals surface area (Å²) in [5.74, 6) is 0.997. The molecule has 0 atom stereocenters. The Hall–Kier alpha value is -0.620. The number of fused-ring (bicyclic) bond motifs is 1. The van der Waals surface area contributed by atoms with Gasteiger partial charge in [-0.05, 0) is 49.1 Å². The summed E-state index contributed by atoms with van der Waals surface area (Å²) in [6.45, 7) is 8.21. The average molecular weight is 589 g/mol. The van der Waals surface area contributed by atoms with Gasteiger partial charge in [0.15, 0.2) is 0 Å². The van der Waals surface area contributed by atoms with Crippen molar-refractivity contribution in [2.75, 3.05) is 61.0 Å². The highest BCUT2D eigenvalue weighted by atomic mass is 79.9. The fourth-order valence-corrected chi connectivity index (χ4v) is 3.96. The second-order valence-corrected chi connectivity index (χ2v) is 10.5. The first-order valence-electron chi connectivity index (χ1n) is 12.6. The van der Waals surface area contributed by atoms with Crippen LogP contribution in [-0.4, -0.2) is 69.9 Å². The van der Waals surface area contributed by atoms with E-state index in [1.807, 2.05) is 0 Å². The van der Waals surface area contributed by atoms with Crippen LogP contribution in [0.1, 0.15) is 58.3 Å². The zero-order chi connectivity index (χ0) is 22.6. The van der Waals surface area contributed by atoms with Crippen molar-refractivity contribution in [2.24, 2.45) is 0 Å². The first-order valence-corrected chi connectivity index (χ1v) is 12.6. The molecular weight excluding hydrogens is 540 g/mol. The van der Waals surface area contributed by atoms with Crippen molar-refractivity contribution in [3.8, 4) is 5.75 Å². The molecule has 0 bridgehead atoms. The smallest absolute Gasteiger partial charge is 0.128 e. The topological polar surface area (TPSA) is 9.23 Å². The lowest BCUT2D eigenvalue weighted by Crippen LogP contribution is -3.00. The maximum atomic E-state index is 5.95. The average Bonchev–Trinajstić information content (AvgIpc) is 2.76. The molecule has 0 unspecified atom stereocenters. The fraction of sp³-hybridized carbons (Fsp3) is 0.643. The van der Waals surface area contributed by atoms with Crippen LogP contribution >= 0.6 is 0 Å². The van der Waals surface area contributed by atoms with Crippen molar-refractivity contribution in [3.63, 3.8) is 0 Å². The molecule has 0 aromatic heterocycles. The van der Waals surface area contributed by atoms with Gasteiger partial charge in [-0.25, -0.2) is 0 Å². The van der Waals surface area contributed by atoms with Crippen molar-refractivity contribution < 1.29 is 47.7 Å². The number of hydrogen-bond acceptors (Lipinski definition) is 1. The van der Waals surface area contributed by atoms with E-state index in [4.69, 9.17) is 4.74 Å². The Morgan fingerprint density at radius 2 is 1.15 bits per heavy atom. The van der Waals surface area contributed by atoms with Gasteiger partial charge in [0.25, 0.3) is 0 Å². The summed E-state index contributed by atoms with van der Waals surface area (Å²) in [7, 11) is 9.48. The van der Waals surface area contributed by atoms with E-state index in [1.165, 1.54) is 86.4 Å². The van der Waals surface area contributed by atoms with Gasteiger partial charge in [0.05, 0.1) is 47.9 Å². The predicted octanol–water partition coefficient (Wildman–Crippen LogP) is 0.520. The number of likely N-dealkylation sites (N-methyl/N-ethyl adjacent to an activating group) is 2. The summed E-state index contributed by atoms with van der Waals surface area (Å²) >= 11 is 0. The van der Waals surface area contributed by atoms with E-state index in [0.717, 1.165) is 23.3 Å². The second-order valence-electron chi connectivity index (χ2n) is 10.5. The van der Waals surface area contributed by atoms with Crippen LogP contribution in [-0.2, 0) is 0 Å². The number of ether oxygens (including phenoxy) is 1. The van der Waals surface area contributed by atoms with Crippen LogP contribution in [0.2, 0.25) is 0 Å². The van der Waals surface area contributed by atoms with E-state index in [2.05, 4.69) is 77.6 Å². The molecule has 0 saturated heterocycles. The minimum atomic E-state index is 0. The van der Waals surface area contributed by atoms with Crippen molar-refractivity contribution >= 4 is 10.8 Å². The molecule has 0 heterocycles. The maximum absolute atomic E-state index is 5.95. The van der Waals surface area contributed by atoms with E-state index < -0.39 is 0 Å². The maximum Gasteiger partial charge on any atom is 0.128 e. The molecule has 33 heavy (non-hydrogen) atoms. The number of benzene rings is 2. The van der Waals surface area contributed by atoms with Gasteiger partial charge >= 0.3 is 0 Å². The SMILES string of the molecule is CC[N+](C)(C)CC[N+](C)(C)CCCCCCCCCCOc1ccc2ccccc2c1.[Br-].[Br-]. The molecule has 0 saturated carbocycles. The largest absolute Gasteiger partial charge is 1.00 e. The number of rotatable bonds is 16. The van der Waals surface area contributed by atoms with Crippen LogP contribution in [0.4, 0.5) is 0 Å². The van der Waals surface area contributed by atoms with Gasteiger partial charge in [0.1, 0.15) is 18.8 Å². The third kappa shape index (κ3) is 13.8. The van der Waals surface area contributed by atoms with E-state index in [9.17, 15) is 0 Å². The van der Waals surface area contributed by atoms with Crippen molar-refractivity contribution in [1.82, 2.24) is 0 Å². The lowest BCUT2D eigenvalue weighted by molar-refractivity contribution is -0.945. The molecular formula is C28H48Br2N2O. The Labute approximate surface area is 225 Å². The molecule has 190 valence electrons. The number of hydrogen-bond donors (Lipinski definition) is 0. The molecule has 2 aromatic carbocycles. The minimum absolute atomic E-state index is 0. The van der Waals surface area contributed by atoms with Crippen LogP contribution in [0.15, 0.2) is 42.5 Å². The van der Waals surface area contributed by atoms with Crippen molar-refractivity contribution in [1.29, 1.82) is 0 Å². The van der Waals surface area contributed by atoms with Crippen LogP contribution in [0.5, 0.6) is 5.75 Å². The molecule has 0 amide bonds. The molecule has 2 rings (SSSR count).